The fourth-order valence-electron chi connectivity index (χ4n) is 2.83. The van der Waals surface area contributed by atoms with Gasteiger partial charge in [-0.3, -0.25) is 5.32 Å². The summed E-state index contributed by atoms with van der Waals surface area (Å²) in [4.78, 5) is 18.5. The first kappa shape index (κ1) is 15.0. The lowest BCUT2D eigenvalue weighted by Gasteiger charge is -2.17. The lowest BCUT2D eigenvalue weighted by Crippen LogP contribution is -2.34. The zero-order valence-electron chi connectivity index (χ0n) is 13.0. The molecule has 4 rings (SSSR count). The van der Waals surface area contributed by atoms with Gasteiger partial charge in [-0.25, -0.2) is 9.78 Å². The Morgan fingerprint density at radius 1 is 1.21 bits per heavy atom. The number of fused-ring (bicyclic) bond motifs is 1. The Hall–Kier alpha value is -2.60. The molecule has 24 heavy (non-hydrogen) atoms. The third-order valence-corrected chi connectivity index (χ3v) is 4.83. The monoisotopic (exact) mass is 339 g/mol. The zero-order chi connectivity index (χ0) is 16.4. The van der Waals surface area contributed by atoms with Crippen LogP contribution in [0.4, 0.5) is 9.80 Å². The summed E-state index contributed by atoms with van der Waals surface area (Å²) in [6, 6.07) is 15.6. The number of aromatic nitrogens is 1. The second-order valence-electron chi connectivity index (χ2n) is 5.72. The van der Waals surface area contributed by atoms with Gasteiger partial charge < -0.3 is 9.64 Å². The largest absolute Gasteiger partial charge is 0.472 e. The highest BCUT2D eigenvalue weighted by molar-refractivity contribution is 7.14. The Morgan fingerprint density at radius 3 is 3.00 bits per heavy atom. The number of benzene rings is 1. The molecule has 3 aromatic rings. The molecule has 1 atom stereocenters. The summed E-state index contributed by atoms with van der Waals surface area (Å²) in [6.07, 6.45) is 0.791. The maximum Gasteiger partial charge on any atom is 0.322 e. The normalized spacial score (nSPS) is 17.2. The maximum absolute atomic E-state index is 12.2. The first-order valence-corrected chi connectivity index (χ1v) is 8.78. The molecule has 1 aliphatic heterocycles. The van der Waals surface area contributed by atoms with Crippen LogP contribution in [0.15, 0.2) is 53.9 Å². The van der Waals surface area contributed by atoms with E-state index in [2.05, 4.69) is 10.3 Å². The van der Waals surface area contributed by atoms with Crippen molar-refractivity contribution in [1.29, 1.82) is 0 Å². The van der Waals surface area contributed by atoms with Crippen LogP contribution in [0.2, 0.25) is 0 Å². The van der Waals surface area contributed by atoms with Crippen molar-refractivity contribution in [2.24, 2.45) is 0 Å². The van der Waals surface area contributed by atoms with Gasteiger partial charge in [0.2, 0.25) is 5.88 Å². The number of nitrogens with one attached hydrogen (secondary N) is 1. The number of carbonyl (C=O) groups excluding carboxylic acids is 1. The van der Waals surface area contributed by atoms with Gasteiger partial charge in [0.25, 0.3) is 0 Å². The molecule has 1 saturated heterocycles. The molecule has 0 unspecified atom stereocenters. The molecule has 5 nitrogen and oxygen atoms in total. The van der Waals surface area contributed by atoms with Crippen LogP contribution in [-0.4, -0.2) is 35.1 Å². The number of ether oxygens (including phenoxy) is 1. The number of carbonyl (C=O) groups is 1. The van der Waals surface area contributed by atoms with Gasteiger partial charge in [-0.2, -0.15) is 0 Å². The first-order chi connectivity index (χ1) is 11.8. The summed E-state index contributed by atoms with van der Waals surface area (Å²) in [5.41, 5.74) is 0.917. The number of pyridine rings is 1. The molecule has 0 aliphatic carbocycles. The van der Waals surface area contributed by atoms with Crippen molar-refractivity contribution in [2.75, 3.05) is 18.4 Å². The van der Waals surface area contributed by atoms with E-state index in [0.29, 0.717) is 19.0 Å². The quantitative estimate of drug-likeness (QED) is 0.785. The lowest BCUT2D eigenvalue weighted by atomic mass is 10.2. The summed E-state index contributed by atoms with van der Waals surface area (Å²) < 4.78 is 5.97. The lowest BCUT2D eigenvalue weighted by molar-refractivity contribution is 0.190. The van der Waals surface area contributed by atoms with Gasteiger partial charge in [-0.15, -0.1) is 11.3 Å². The molecule has 0 saturated carbocycles. The highest BCUT2D eigenvalue weighted by Crippen LogP contribution is 2.21. The van der Waals surface area contributed by atoms with Crippen molar-refractivity contribution in [3.8, 4) is 5.88 Å². The van der Waals surface area contributed by atoms with Crippen LogP contribution >= 0.6 is 11.3 Å². The average Bonchev–Trinajstić information content (AvgIpc) is 3.27. The number of likely N-dealkylation sites (tertiary alicyclic amines) is 1. The van der Waals surface area contributed by atoms with Gasteiger partial charge in [0.05, 0.1) is 17.1 Å². The summed E-state index contributed by atoms with van der Waals surface area (Å²) in [6.45, 7) is 1.27. The molecule has 1 fully saturated rings. The molecule has 3 heterocycles. The average molecular weight is 339 g/mol. The van der Waals surface area contributed by atoms with E-state index in [9.17, 15) is 4.79 Å². The molecule has 2 aromatic heterocycles. The predicted molar refractivity (Wildman–Crippen MR) is 95.7 cm³/mol. The first-order valence-electron chi connectivity index (χ1n) is 7.90. The second kappa shape index (κ2) is 6.49. The van der Waals surface area contributed by atoms with Crippen LogP contribution in [0.25, 0.3) is 10.9 Å². The number of hydrogen-bond donors (Lipinski definition) is 1. The smallest absolute Gasteiger partial charge is 0.322 e. The van der Waals surface area contributed by atoms with Crippen molar-refractivity contribution < 1.29 is 9.53 Å². The Kier molecular flexibility index (Phi) is 4.04. The van der Waals surface area contributed by atoms with Crippen LogP contribution in [-0.2, 0) is 0 Å². The van der Waals surface area contributed by atoms with E-state index in [-0.39, 0.29) is 12.1 Å². The topological polar surface area (TPSA) is 54.5 Å². The minimum Gasteiger partial charge on any atom is -0.472 e. The summed E-state index contributed by atoms with van der Waals surface area (Å²) >= 11 is 1.51. The van der Waals surface area contributed by atoms with Crippen molar-refractivity contribution in [3.63, 3.8) is 0 Å². The molecule has 1 aliphatic rings. The molecular weight excluding hydrogens is 322 g/mol. The fraction of sp³-hybridized carbons (Fsp3) is 0.222. The number of rotatable bonds is 3. The number of nitrogens with zero attached hydrogens (tertiary/aromatic N) is 2. The standard InChI is InChI=1S/C18H17N3O2S/c22-18(20-17-6-3-11-24-17)21-10-9-14(12-21)23-16-8-7-13-4-1-2-5-15(13)19-16/h1-8,11,14H,9-10,12H2,(H,20,22)/t14-/m0/s1. The molecule has 2 amide bonds. The van der Waals surface area contributed by atoms with E-state index < -0.39 is 0 Å². The van der Waals surface area contributed by atoms with Crippen LogP contribution < -0.4 is 10.1 Å². The molecule has 6 heteroatoms. The van der Waals surface area contributed by atoms with E-state index in [4.69, 9.17) is 4.74 Å². The van der Waals surface area contributed by atoms with Gasteiger partial charge in [0.1, 0.15) is 6.10 Å². The Balaban J connectivity index is 1.38. The van der Waals surface area contributed by atoms with E-state index in [1.807, 2.05) is 53.9 Å². The van der Waals surface area contributed by atoms with Crippen molar-refractivity contribution >= 4 is 33.3 Å². The van der Waals surface area contributed by atoms with E-state index in [1.54, 1.807) is 4.90 Å². The van der Waals surface area contributed by atoms with Crippen molar-refractivity contribution in [1.82, 2.24) is 9.88 Å². The number of thiophene rings is 1. The Labute approximate surface area is 143 Å². The highest BCUT2D eigenvalue weighted by atomic mass is 32.1. The summed E-state index contributed by atoms with van der Waals surface area (Å²) in [5.74, 6) is 0.610. The number of hydrogen-bond acceptors (Lipinski definition) is 4. The van der Waals surface area contributed by atoms with Crippen LogP contribution in [0.1, 0.15) is 6.42 Å². The molecular formula is C18H17N3O2S. The van der Waals surface area contributed by atoms with Crippen molar-refractivity contribution in [2.45, 2.75) is 12.5 Å². The van der Waals surface area contributed by atoms with Gasteiger partial charge in [0.15, 0.2) is 0 Å². The minimum absolute atomic E-state index is 0.0206. The second-order valence-corrected chi connectivity index (χ2v) is 6.67. The van der Waals surface area contributed by atoms with Crippen LogP contribution in [0.5, 0.6) is 5.88 Å². The number of amides is 2. The third-order valence-electron chi connectivity index (χ3n) is 4.04. The van der Waals surface area contributed by atoms with E-state index >= 15 is 0 Å². The van der Waals surface area contributed by atoms with Gasteiger partial charge >= 0.3 is 6.03 Å². The van der Waals surface area contributed by atoms with Crippen LogP contribution in [0.3, 0.4) is 0 Å². The number of urea groups is 1. The molecule has 1 N–H and O–H groups in total. The molecule has 0 spiro atoms. The van der Waals surface area contributed by atoms with Gasteiger partial charge in [0, 0.05) is 24.4 Å². The van der Waals surface area contributed by atoms with Gasteiger partial charge in [-0.05, 0) is 29.6 Å². The fourth-order valence-corrected chi connectivity index (χ4v) is 3.43. The third kappa shape index (κ3) is 3.19. The number of para-hydroxylation sites is 1. The van der Waals surface area contributed by atoms with Gasteiger partial charge in [-0.1, -0.05) is 18.2 Å². The predicted octanol–water partition coefficient (Wildman–Crippen LogP) is 3.98. The van der Waals surface area contributed by atoms with Crippen molar-refractivity contribution in [3.05, 3.63) is 53.9 Å². The van der Waals surface area contributed by atoms with E-state index in [0.717, 1.165) is 22.3 Å². The maximum atomic E-state index is 12.2. The number of anilines is 1. The Morgan fingerprint density at radius 2 is 2.12 bits per heavy atom. The SMILES string of the molecule is O=C(Nc1cccs1)N1CC[C@H](Oc2ccc3ccccc3n2)C1. The summed E-state index contributed by atoms with van der Waals surface area (Å²) in [5, 5.41) is 6.80. The summed E-state index contributed by atoms with van der Waals surface area (Å²) in [7, 11) is 0. The Bertz CT molecular complexity index is 850. The molecule has 122 valence electrons. The molecule has 0 radical (unpaired) electrons. The molecule has 1 aromatic carbocycles. The zero-order valence-corrected chi connectivity index (χ0v) is 13.8. The van der Waals surface area contributed by atoms with Crippen LogP contribution in [0, 0.1) is 0 Å². The highest BCUT2D eigenvalue weighted by Gasteiger charge is 2.28. The minimum atomic E-state index is -0.0741. The van der Waals surface area contributed by atoms with E-state index in [1.165, 1.54) is 11.3 Å². The molecule has 0 bridgehead atoms.